The van der Waals surface area contributed by atoms with Crippen LogP contribution in [0.3, 0.4) is 0 Å². The molecule has 6 nitrogen and oxygen atoms in total. The molecule has 1 aromatic rings. The molecule has 1 saturated carbocycles. The number of hydrogen-bond acceptors (Lipinski definition) is 4. The highest BCUT2D eigenvalue weighted by atomic mass is 31.2. The van der Waals surface area contributed by atoms with Crippen molar-refractivity contribution in [2.45, 2.75) is 19.3 Å². The van der Waals surface area contributed by atoms with Crippen molar-refractivity contribution >= 4 is 24.3 Å². The minimum atomic E-state index is -2.93. The number of carbonyl (C=O) groups is 2. The summed E-state index contributed by atoms with van der Waals surface area (Å²) in [6.07, 6.45) is 10.2. The Morgan fingerprint density at radius 2 is 1.94 bits per heavy atom. The molecule has 0 radical (unpaired) electrons. The van der Waals surface area contributed by atoms with E-state index >= 15 is 0 Å². The van der Waals surface area contributed by atoms with E-state index in [0.29, 0.717) is 37.5 Å². The third kappa shape index (κ3) is 3.87. The SMILES string of the molecule is O=C1N=NC(Cc2ccc(F)c(P3(=O)CCN(C(=O)C4CC4)CC3)c2)=C2C=CC=CC12. The van der Waals surface area contributed by atoms with Crippen molar-refractivity contribution in [2.24, 2.45) is 22.1 Å². The molecule has 2 heterocycles. The fraction of sp³-hybridized carbons (Fsp3) is 0.391. The number of benzene rings is 1. The summed E-state index contributed by atoms with van der Waals surface area (Å²) in [5.74, 6) is -0.905. The molecule has 1 atom stereocenters. The number of carbonyl (C=O) groups excluding carboxylic acids is 2. The van der Waals surface area contributed by atoms with Crippen LogP contribution in [0.25, 0.3) is 0 Å². The summed E-state index contributed by atoms with van der Waals surface area (Å²) in [6.45, 7) is 0.835. The van der Waals surface area contributed by atoms with E-state index < -0.39 is 18.9 Å². The van der Waals surface area contributed by atoms with E-state index in [9.17, 15) is 18.5 Å². The lowest BCUT2D eigenvalue weighted by Gasteiger charge is -2.33. The maximum absolute atomic E-state index is 14.7. The number of amides is 2. The van der Waals surface area contributed by atoms with E-state index in [2.05, 4.69) is 10.2 Å². The summed E-state index contributed by atoms with van der Waals surface area (Å²) >= 11 is 0. The van der Waals surface area contributed by atoms with E-state index in [0.717, 1.165) is 24.0 Å². The fourth-order valence-electron chi connectivity index (χ4n) is 4.41. The molecule has 8 heteroatoms. The predicted octanol–water partition coefficient (Wildman–Crippen LogP) is 3.60. The summed E-state index contributed by atoms with van der Waals surface area (Å²) in [5.41, 5.74) is 2.23. The molecule has 4 aliphatic rings. The zero-order valence-electron chi connectivity index (χ0n) is 17.0. The first-order valence-electron chi connectivity index (χ1n) is 10.6. The zero-order valence-corrected chi connectivity index (χ0v) is 17.9. The Morgan fingerprint density at radius 1 is 1.16 bits per heavy atom. The molecular weight excluding hydrogens is 416 g/mol. The van der Waals surface area contributed by atoms with Gasteiger partial charge in [0.2, 0.25) is 5.91 Å². The van der Waals surface area contributed by atoms with Gasteiger partial charge in [-0.1, -0.05) is 30.4 Å². The van der Waals surface area contributed by atoms with Gasteiger partial charge in [-0.15, -0.1) is 5.11 Å². The van der Waals surface area contributed by atoms with Crippen molar-refractivity contribution in [1.29, 1.82) is 0 Å². The highest BCUT2D eigenvalue weighted by Crippen LogP contribution is 2.48. The van der Waals surface area contributed by atoms with Gasteiger partial charge in [-0.25, -0.2) is 4.39 Å². The third-order valence-electron chi connectivity index (χ3n) is 6.42. The van der Waals surface area contributed by atoms with Crippen molar-refractivity contribution in [2.75, 3.05) is 25.4 Å². The minimum Gasteiger partial charge on any atom is -0.342 e. The standard InChI is InChI=1S/C23H23FN3O3P/c24-19-8-5-15(13-20-17-3-1-2-4-18(17)22(28)26-25-20)14-21(19)31(30)11-9-27(10-12-31)23(29)16-6-7-16/h1-5,8,14,16,18H,6-7,9-13H2. The monoisotopic (exact) mass is 439 g/mol. The van der Waals surface area contributed by atoms with Gasteiger partial charge >= 0.3 is 0 Å². The molecule has 2 aliphatic heterocycles. The van der Waals surface area contributed by atoms with Crippen molar-refractivity contribution < 1.29 is 18.5 Å². The Kier molecular flexibility index (Phi) is 5.09. The van der Waals surface area contributed by atoms with Gasteiger partial charge in [0, 0.05) is 43.1 Å². The second-order valence-electron chi connectivity index (χ2n) is 8.56. The van der Waals surface area contributed by atoms with Gasteiger partial charge in [0.1, 0.15) is 13.0 Å². The summed E-state index contributed by atoms with van der Waals surface area (Å²) in [6, 6.07) is 4.69. The maximum atomic E-state index is 14.7. The lowest BCUT2D eigenvalue weighted by molar-refractivity contribution is -0.132. The van der Waals surface area contributed by atoms with E-state index in [1.165, 1.54) is 6.07 Å². The van der Waals surface area contributed by atoms with Crippen LogP contribution in [0.4, 0.5) is 4.39 Å². The van der Waals surface area contributed by atoms with Crippen molar-refractivity contribution in [3.63, 3.8) is 0 Å². The molecule has 0 spiro atoms. The van der Waals surface area contributed by atoms with Crippen LogP contribution < -0.4 is 5.30 Å². The summed E-state index contributed by atoms with van der Waals surface area (Å²) in [7, 11) is -2.93. The lowest BCUT2D eigenvalue weighted by Crippen LogP contribution is -2.42. The van der Waals surface area contributed by atoms with Gasteiger partial charge in [-0.3, -0.25) is 9.59 Å². The average molecular weight is 439 g/mol. The molecule has 1 aromatic carbocycles. The normalized spacial score (nSPS) is 24.5. The maximum Gasteiger partial charge on any atom is 0.275 e. The van der Waals surface area contributed by atoms with Gasteiger partial charge in [-0.2, -0.15) is 5.11 Å². The van der Waals surface area contributed by atoms with Crippen LogP contribution in [0, 0.1) is 17.7 Å². The van der Waals surface area contributed by atoms with Crippen LogP contribution >= 0.6 is 7.14 Å². The molecule has 160 valence electrons. The molecule has 5 rings (SSSR count). The molecule has 2 amide bonds. The van der Waals surface area contributed by atoms with Crippen molar-refractivity contribution in [3.8, 4) is 0 Å². The lowest BCUT2D eigenvalue weighted by atomic mass is 9.89. The van der Waals surface area contributed by atoms with Gasteiger partial charge in [-0.05, 0) is 36.1 Å². The Labute approximate surface area is 180 Å². The van der Waals surface area contributed by atoms with E-state index in [1.807, 2.05) is 18.2 Å². The topological polar surface area (TPSA) is 79.2 Å². The molecular formula is C23H23FN3O3P. The highest BCUT2D eigenvalue weighted by Gasteiger charge is 2.39. The van der Waals surface area contributed by atoms with Gasteiger partial charge in [0.05, 0.1) is 11.6 Å². The van der Waals surface area contributed by atoms with Crippen LogP contribution in [0.1, 0.15) is 18.4 Å². The minimum absolute atomic E-state index is 0.135. The van der Waals surface area contributed by atoms with Crippen LogP contribution in [-0.4, -0.2) is 42.1 Å². The smallest absolute Gasteiger partial charge is 0.275 e. The quantitative estimate of drug-likeness (QED) is 0.673. The Balaban J connectivity index is 1.37. The molecule has 0 aromatic heterocycles. The number of halogens is 1. The molecule has 2 fully saturated rings. The molecule has 1 saturated heterocycles. The van der Waals surface area contributed by atoms with E-state index in [-0.39, 0.29) is 23.0 Å². The van der Waals surface area contributed by atoms with Crippen molar-refractivity contribution in [1.82, 2.24) is 4.90 Å². The van der Waals surface area contributed by atoms with Gasteiger partial charge in [0.25, 0.3) is 5.91 Å². The molecule has 0 bridgehead atoms. The molecule has 2 aliphatic carbocycles. The van der Waals surface area contributed by atoms with Crippen molar-refractivity contribution in [3.05, 3.63) is 65.2 Å². The second kappa shape index (κ2) is 7.79. The van der Waals surface area contributed by atoms with E-state index in [4.69, 9.17) is 0 Å². The number of rotatable bonds is 4. The van der Waals surface area contributed by atoms with Gasteiger partial charge in [0.15, 0.2) is 0 Å². The molecule has 1 unspecified atom stereocenters. The summed E-state index contributed by atoms with van der Waals surface area (Å²) in [5, 5.41) is 8.10. The second-order valence-corrected chi connectivity index (χ2v) is 11.7. The number of nitrogens with zero attached hydrogens (tertiary/aromatic N) is 3. The Bertz CT molecular complexity index is 1120. The predicted molar refractivity (Wildman–Crippen MR) is 115 cm³/mol. The first kappa shape index (κ1) is 20.3. The van der Waals surface area contributed by atoms with Crippen LogP contribution in [-0.2, 0) is 20.6 Å². The van der Waals surface area contributed by atoms with Crippen LogP contribution in [0.2, 0.25) is 0 Å². The number of fused-ring (bicyclic) bond motifs is 1. The largest absolute Gasteiger partial charge is 0.342 e. The van der Waals surface area contributed by atoms with Gasteiger partial charge < -0.3 is 9.46 Å². The van der Waals surface area contributed by atoms with Crippen LogP contribution in [0.15, 0.2) is 64.0 Å². The number of azo groups is 1. The molecule has 0 N–H and O–H groups in total. The fourth-order valence-corrected chi connectivity index (χ4v) is 7.11. The Hall–Kier alpha value is -2.66. The third-order valence-corrected chi connectivity index (χ3v) is 9.48. The first-order chi connectivity index (χ1) is 14.9. The highest BCUT2D eigenvalue weighted by molar-refractivity contribution is 7.71. The number of allylic oxidation sites excluding steroid dienone is 4. The first-order valence-corrected chi connectivity index (χ1v) is 12.7. The van der Waals surface area contributed by atoms with Crippen LogP contribution in [0.5, 0.6) is 0 Å². The molecule has 31 heavy (non-hydrogen) atoms. The van der Waals surface area contributed by atoms with E-state index in [1.54, 1.807) is 23.1 Å². The number of hydrogen-bond donors (Lipinski definition) is 0. The average Bonchev–Trinajstić information content (AvgIpc) is 3.63. The summed E-state index contributed by atoms with van der Waals surface area (Å²) in [4.78, 5) is 26.1. The summed E-state index contributed by atoms with van der Waals surface area (Å²) < 4.78 is 28.3. The zero-order chi connectivity index (χ0) is 21.6. The Morgan fingerprint density at radius 3 is 2.68 bits per heavy atom.